The third kappa shape index (κ3) is 11.7. The molecule has 1 amide bonds. The van der Waals surface area contributed by atoms with E-state index in [1.807, 2.05) is 33.8 Å². The molecule has 0 unspecified atom stereocenters. The number of carbonyl (C=O) groups excluding carboxylic acids is 1. The lowest BCUT2D eigenvalue weighted by atomic mass is 10.1. The number of aryl methyl sites for hydroxylation is 1. The molecular weight excluding hydrogens is 434 g/mol. The average molecular weight is 464 g/mol. The van der Waals surface area contributed by atoms with Gasteiger partial charge in [0.15, 0.2) is 5.96 Å². The zero-order chi connectivity index (χ0) is 18.0. The number of hydrogen-bond acceptors (Lipinski definition) is 2. The summed E-state index contributed by atoms with van der Waals surface area (Å²) in [4.78, 5) is 16.1. The molecule has 0 atom stereocenters. The molecule has 0 heterocycles. The van der Waals surface area contributed by atoms with E-state index in [2.05, 4.69) is 20.9 Å². The predicted molar refractivity (Wildman–Crippen MR) is 112 cm³/mol. The maximum atomic E-state index is 13.1. The van der Waals surface area contributed by atoms with E-state index in [-0.39, 0.29) is 47.8 Å². The number of amides is 1. The number of hydrogen-bond donors (Lipinski definition) is 3. The van der Waals surface area contributed by atoms with E-state index in [0.29, 0.717) is 12.5 Å². The Morgan fingerprint density at radius 1 is 1.24 bits per heavy atom. The van der Waals surface area contributed by atoms with Gasteiger partial charge in [0.25, 0.3) is 0 Å². The van der Waals surface area contributed by atoms with E-state index in [9.17, 15) is 9.18 Å². The van der Waals surface area contributed by atoms with Crippen LogP contribution in [0.25, 0.3) is 0 Å². The van der Waals surface area contributed by atoms with Crippen LogP contribution < -0.4 is 16.0 Å². The van der Waals surface area contributed by atoms with Crippen molar-refractivity contribution in [2.24, 2.45) is 4.99 Å². The van der Waals surface area contributed by atoms with Crippen molar-refractivity contribution >= 4 is 35.8 Å². The van der Waals surface area contributed by atoms with Crippen LogP contribution in [0.3, 0.4) is 0 Å². The standard InChI is InChI=1S/C18H29FN4O.HI/c1-5-20-17(22-13-16(24)23-18(2,3)4)21-11-7-9-14-8-6-10-15(19)12-14;/h6,8,10,12H,5,7,9,11,13H2,1-4H3,(H,23,24)(H2,20,21,22);1H. The summed E-state index contributed by atoms with van der Waals surface area (Å²) in [6, 6.07) is 6.63. The fourth-order valence-electron chi connectivity index (χ4n) is 2.14. The quantitative estimate of drug-likeness (QED) is 0.252. The third-order valence-corrected chi connectivity index (χ3v) is 3.06. The number of halogens is 2. The van der Waals surface area contributed by atoms with Gasteiger partial charge in [0.2, 0.25) is 5.91 Å². The maximum Gasteiger partial charge on any atom is 0.242 e. The summed E-state index contributed by atoms with van der Waals surface area (Å²) in [7, 11) is 0. The molecule has 25 heavy (non-hydrogen) atoms. The van der Waals surface area contributed by atoms with Gasteiger partial charge in [-0.25, -0.2) is 9.38 Å². The second kappa shape index (κ2) is 12.1. The SMILES string of the molecule is CCNC(=NCC(=O)NC(C)(C)C)NCCCc1cccc(F)c1.I. The van der Waals surface area contributed by atoms with Crippen LogP contribution in [0.2, 0.25) is 0 Å². The van der Waals surface area contributed by atoms with Crippen LogP contribution in [0.1, 0.15) is 39.7 Å². The van der Waals surface area contributed by atoms with Crippen LogP contribution in [-0.2, 0) is 11.2 Å². The fourth-order valence-corrected chi connectivity index (χ4v) is 2.14. The van der Waals surface area contributed by atoms with Gasteiger partial charge in [-0.2, -0.15) is 0 Å². The lowest BCUT2D eigenvalue weighted by molar-refractivity contribution is -0.121. The summed E-state index contributed by atoms with van der Waals surface area (Å²) in [5, 5.41) is 9.17. The van der Waals surface area contributed by atoms with Gasteiger partial charge in [-0.15, -0.1) is 24.0 Å². The summed E-state index contributed by atoms with van der Waals surface area (Å²) in [5.41, 5.74) is 0.715. The molecule has 0 aliphatic carbocycles. The minimum atomic E-state index is -0.261. The van der Waals surface area contributed by atoms with Crippen LogP contribution in [-0.4, -0.2) is 37.0 Å². The fraction of sp³-hybridized carbons (Fsp3) is 0.556. The molecule has 5 nitrogen and oxygen atoms in total. The predicted octanol–water partition coefficient (Wildman–Crippen LogP) is 2.85. The molecule has 0 fully saturated rings. The minimum absolute atomic E-state index is 0. The van der Waals surface area contributed by atoms with Gasteiger partial charge in [-0.1, -0.05) is 12.1 Å². The van der Waals surface area contributed by atoms with Gasteiger partial charge in [0.05, 0.1) is 0 Å². The van der Waals surface area contributed by atoms with Crippen molar-refractivity contribution in [3.8, 4) is 0 Å². The Kier molecular flexibility index (Phi) is 11.4. The Hall–Kier alpha value is -1.38. The molecule has 1 aromatic carbocycles. The first-order chi connectivity index (χ1) is 11.3. The highest BCUT2D eigenvalue weighted by molar-refractivity contribution is 14.0. The van der Waals surface area contributed by atoms with Gasteiger partial charge in [0.1, 0.15) is 12.4 Å². The summed E-state index contributed by atoms with van der Waals surface area (Å²) in [5.74, 6) is 0.292. The summed E-state index contributed by atoms with van der Waals surface area (Å²) >= 11 is 0. The molecule has 3 N–H and O–H groups in total. The van der Waals surface area contributed by atoms with E-state index >= 15 is 0 Å². The lowest BCUT2D eigenvalue weighted by Gasteiger charge is -2.20. The number of carbonyl (C=O) groups is 1. The second-order valence-corrected chi connectivity index (χ2v) is 6.65. The van der Waals surface area contributed by atoms with Crippen LogP contribution in [0.4, 0.5) is 4.39 Å². The third-order valence-electron chi connectivity index (χ3n) is 3.06. The monoisotopic (exact) mass is 464 g/mol. The molecule has 0 saturated heterocycles. The first-order valence-electron chi connectivity index (χ1n) is 8.38. The molecule has 7 heteroatoms. The summed E-state index contributed by atoms with van der Waals surface area (Å²) in [6.45, 7) is 9.27. The van der Waals surface area contributed by atoms with Crippen molar-refractivity contribution in [3.63, 3.8) is 0 Å². The highest BCUT2D eigenvalue weighted by Gasteiger charge is 2.13. The Balaban J connectivity index is 0.00000576. The second-order valence-electron chi connectivity index (χ2n) is 6.65. The van der Waals surface area contributed by atoms with Crippen molar-refractivity contribution in [1.29, 1.82) is 0 Å². The number of nitrogens with zero attached hydrogens (tertiary/aromatic N) is 1. The lowest BCUT2D eigenvalue weighted by Crippen LogP contribution is -2.43. The molecule has 1 aromatic rings. The highest BCUT2D eigenvalue weighted by Crippen LogP contribution is 2.05. The number of benzene rings is 1. The summed E-state index contributed by atoms with van der Waals surface area (Å²) < 4.78 is 13.1. The van der Waals surface area contributed by atoms with Gasteiger partial charge in [0, 0.05) is 18.6 Å². The first-order valence-corrected chi connectivity index (χ1v) is 8.38. The largest absolute Gasteiger partial charge is 0.357 e. The average Bonchev–Trinajstić information content (AvgIpc) is 2.47. The van der Waals surface area contributed by atoms with Gasteiger partial charge in [-0.3, -0.25) is 4.79 Å². The molecule has 0 saturated carbocycles. The Morgan fingerprint density at radius 2 is 1.96 bits per heavy atom. The number of rotatable bonds is 7. The van der Waals surface area contributed by atoms with E-state index in [0.717, 1.165) is 24.9 Å². The van der Waals surface area contributed by atoms with Crippen LogP contribution in [0, 0.1) is 5.82 Å². The zero-order valence-electron chi connectivity index (χ0n) is 15.5. The van der Waals surface area contributed by atoms with Crippen LogP contribution in [0.5, 0.6) is 0 Å². The molecule has 0 aliphatic heterocycles. The molecule has 0 aromatic heterocycles. The Bertz CT molecular complexity index is 558. The van der Waals surface area contributed by atoms with E-state index in [1.165, 1.54) is 6.07 Å². The molecule has 0 radical (unpaired) electrons. The smallest absolute Gasteiger partial charge is 0.242 e. The minimum Gasteiger partial charge on any atom is -0.357 e. The zero-order valence-corrected chi connectivity index (χ0v) is 17.8. The molecule has 0 aliphatic rings. The summed E-state index contributed by atoms with van der Waals surface area (Å²) in [6.07, 6.45) is 1.64. The Morgan fingerprint density at radius 3 is 2.56 bits per heavy atom. The van der Waals surface area contributed by atoms with Gasteiger partial charge >= 0.3 is 0 Å². The number of aliphatic imine (C=N–C) groups is 1. The van der Waals surface area contributed by atoms with Crippen molar-refractivity contribution in [2.45, 2.75) is 46.1 Å². The van der Waals surface area contributed by atoms with Crippen molar-refractivity contribution in [1.82, 2.24) is 16.0 Å². The van der Waals surface area contributed by atoms with Crippen LogP contribution >= 0.6 is 24.0 Å². The van der Waals surface area contributed by atoms with E-state index < -0.39 is 0 Å². The normalized spacial score (nSPS) is 11.5. The van der Waals surface area contributed by atoms with Crippen molar-refractivity contribution < 1.29 is 9.18 Å². The first kappa shape index (κ1) is 23.6. The van der Waals surface area contributed by atoms with Crippen LogP contribution in [0.15, 0.2) is 29.3 Å². The van der Waals surface area contributed by atoms with Gasteiger partial charge in [-0.05, 0) is 58.2 Å². The molecule has 0 spiro atoms. The van der Waals surface area contributed by atoms with Crippen molar-refractivity contribution in [2.75, 3.05) is 19.6 Å². The van der Waals surface area contributed by atoms with E-state index in [4.69, 9.17) is 0 Å². The molecule has 0 bridgehead atoms. The molecule has 1 rings (SSSR count). The molecular formula is C18H30FIN4O. The molecule has 142 valence electrons. The van der Waals surface area contributed by atoms with Gasteiger partial charge < -0.3 is 16.0 Å². The Labute approximate surface area is 167 Å². The number of nitrogens with one attached hydrogen (secondary N) is 3. The maximum absolute atomic E-state index is 13.1. The van der Waals surface area contributed by atoms with E-state index in [1.54, 1.807) is 12.1 Å². The number of guanidine groups is 1. The topological polar surface area (TPSA) is 65.5 Å². The van der Waals surface area contributed by atoms with Crippen molar-refractivity contribution in [3.05, 3.63) is 35.6 Å². The highest BCUT2D eigenvalue weighted by atomic mass is 127.